The molecule has 0 radical (unpaired) electrons. The highest BCUT2D eigenvalue weighted by Crippen LogP contribution is 2.16. The normalized spacial score (nSPS) is 12.8. The molecule has 1 rings (SSSR count). The van der Waals surface area contributed by atoms with E-state index in [1.54, 1.807) is 6.07 Å². The van der Waals surface area contributed by atoms with Crippen molar-refractivity contribution < 1.29 is 4.74 Å². The molecule has 4 nitrogen and oxygen atoms in total. The molecule has 1 N–H and O–H groups in total. The minimum absolute atomic E-state index is 0.149. The largest absolute Gasteiger partial charge is 0.377 e. The molecule has 1 atom stereocenters. The number of rotatable bonds is 6. The highest BCUT2D eigenvalue weighted by molar-refractivity contribution is 6.29. The molecule has 1 heterocycles. The number of nitrogens with one attached hydrogen (secondary N) is 1. The van der Waals surface area contributed by atoms with E-state index in [0.29, 0.717) is 18.3 Å². The Morgan fingerprint density at radius 1 is 1.35 bits per heavy atom. The summed E-state index contributed by atoms with van der Waals surface area (Å²) in [7, 11) is 0. The van der Waals surface area contributed by atoms with E-state index in [1.807, 2.05) is 27.7 Å². The number of aromatic nitrogens is 2. The molecule has 0 saturated heterocycles. The average Bonchev–Trinajstić information content (AvgIpc) is 2.26. The van der Waals surface area contributed by atoms with Crippen LogP contribution in [0.5, 0.6) is 0 Å². The first kappa shape index (κ1) is 14.2. The fourth-order valence-electron chi connectivity index (χ4n) is 1.38. The molecular weight excluding hydrogens is 238 g/mol. The third-order valence-corrected chi connectivity index (χ3v) is 2.44. The summed E-state index contributed by atoms with van der Waals surface area (Å²) in [5.74, 6) is 1.77. The summed E-state index contributed by atoms with van der Waals surface area (Å²) in [5, 5.41) is 3.67. The summed E-state index contributed by atoms with van der Waals surface area (Å²) < 4.78 is 5.43. The maximum atomic E-state index is 5.95. The lowest BCUT2D eigenvalue weighted by Gasteiger charge is -2.14. The van der Waals surface area contributed by atoms with E-state index in [-0.39, 0.29) is 12.0 Å². The van der Waals surface area contributed by atoms with Crippen molar-refractivity contribution >= 4 is 17.4 Å². The molecule has 0 spiro atoms. The van der Waals surface area contributed by atoms with Gasteiger partial charge < -0.3 is 10.1 Å². The van der Waals surface area contributed by atoms with Gasteiger partial charge in [-0.1, -0.05) is 25.4 Å². The summed E-state index contributed by atoms with van der Waals surface area (Å²) in [4.78, 5) is 8.58. The molecule has 0 bridgehead atoms. The molecule has 1 aromatic rings. The van der Waals surface area contributed by atoms with E-state index in [1.165, 1.54) is 0 Å². The molecule has 1 aromatic heterocycles. The summed E-state index contributed by atoms with van der Waals surface area (Å²) in [6, 6.07) is 1.73. The quantitative estimate of drug-likeness (QED) is 0.796. The maximum Gasteiger partial charge on any atom is 0.135 e. The monoisotopic (exact) mass is 257 g/mol. The van der Waals surface area contributed by atoms with Crippen LogP contribution in [0, 0.1) is 0 Å². The van der Waals surface area contributed by atoms with Gasteiger partial charge in [0.15, 0.2) is 0 Å². The van der Waals surface area contributed by atoms with Crippen LogP contribution in [-0.4, -0.2) is 29.2 Å². The van der Waals surface area contributed by atoms with E-state index in [4.69, 9.17) is 16.3 Å². The summed E-state index contributed by atoms with van der Waals surface area (Å²) in [5.41, 5.74) is 0. The Bertz CT molecular complexity index is 358. The molecule has 5 heteroatoms. The van der Waals surface area contributed by atoms with Gasteiger partial charge in [-0.2, -0.15) is 0 Å². The van der Waals surface area contributed by atoms with Crippen LogP contribution >= 0.6 is 11.6 Å². The second-order valence-corrected chi connectivity index (χ2v) is 4.62. The van der Waals surface area contributed by atoms with Crippen molar-refractivity contribution in [3.05, 3.63) is 17.0 Å². The van der Waals surface area contributed by atoms with Crippen molar-refractivity contribution in [3.8, 4) is 0 Å². The highest BCUT2D eigenvalue weighted by Gasteiger charge is 2.08. The van der Waals surface area contributed by atoms with Crippen molar-refractivity contribution in [1.29, 1.82) is 0 Å². The van der Waals surface area contributed by atoms with Gasteiger partial charge in [0, 0.05) is 25.1 Å². The third-order valence-electron chi connectivity index (χ3n) is 2.25. The molecule has 96 valence electrons. The molecular formula is C12H20ClN3O. The Hall–Kier alpha value is -0.870. The van der Waals surface area contributed by atoms with E-state index >= 15 is 0 Å². The van der Waals surface area contributed by atoms with Crippen LogP contribution in [0.3, 0.4) is 0 Å². The van der Waals surface area contributed by atoms with Gasteiger partial charge in [-0.15, -0.1) is 0 Å². The van der Waals surface area contributed by atoms with Gasteiger partial charge in [0.05, 0.1) is 6.10 Å². The first-order valence-electron chi connectivity index (χ1n) is 5.92. The van der Waals surface area contributed by atoms with Crippen molar-refractivity contribution in [3.63, 3.8) is 0 Å². The summed E-state index contributed by atoms with van der Waals surface area (Å²) in [6.45, 7) is 9.50. The lowest BCUT2D eigenvalue weighted by molar-refractivity contribution is 0.0855. The van der Waals surface area contributed by atoms with Gasteiger partial charge in [0.1, 0.15) is 16.8 Å². The Labute approximate surface area is 108 Å². The van der Waals surface area contributed by atoms with E-state index in [2.05, 4.69) is 15.3 Å². The Kier molecular flexibility index (Phi) is 5.65. The zero-order valence-electron chi connectivity index (χ0n) is 10.8. The lowest BCUT2D eigenvalue weighted by Crippen LogP contribution is -2.20. The second-order valence-electron chi connectivity index (χ2n) is 4.24. The molecule has 0 aromatic carbocycles. The second kappa shape index (κ2) is 6.77. The van der Waals surface area contributed by atoms with E-state index in [0.717, 1.165) is 11.6 Å². The standard InChI is InChI=1S/C12H20ClN3O/c1-5-17-9(4)7-14-11-6-10(13)15-12(16-11)8(2)3/h6,8-9H,5,7H2,1-4H3,(H,14,15,16). The lowest BCUT2D eigenvalue weighted by atomic mass is 10.2. The van der Waals surface area contributed by atoms with Crippen LogP contribution in [0.4, 0.5) is 5.82 Å². The average molecular weight is 258 g/mol. The third kappa shape index (κ3) is 4.88. The van der Waals surface area contributed by atoms with Crippen LogP contribution < -0.4 is 5.32 Å². The fraction of sp³-hybridized carbons (Fsp3) is 0.667. The number of hydrogen-bond donors (Lipinski definition) is 1. The van der Waals surface area contributed by atoms with E-state index < -0.39 is 0 Å². The van der Waals surface area contributed by atoms with Crippen molar-refractivity contribution in [2.75, 3.05) is 18.5 Å². The smallest absolute Gasteiger partial charge is 0.135 e. The minimum Gasteiger partial charge on any atom is -0.377 e. The topological polar surface area (TPSA) is 47.0 Å². The number of nitrogens with zero attached hydrogens (tertiary/aromatic N) is 2. The summed E-state index contributed by atoms with van der Waals surface area (Å²) in [6.07, 6.45) is 0.149. The van der Waals surface area contributed by atoms with Crippen molar-refractivity contribution in [2.24, 2.45) is 0 Å². The molecule has 0 fully saturated rings. The van der Waals surface area contributed by atoms with Crippen molar-refractivity contribution in [1.82, 2.24) is 9.97 Å². The Morgan fingerprint density at radius 2 is 2.06 bits per heavy atom. The van der Waals surface area contributed by atoms with Gasteiger partial charge in [-0.05, 0) is 13.8 Å². The van der Waals surface area contributed by atoms with E-state index in [9.17, 15) is 0 Å². The van der Waals surface area contributed by atoms with Gasteiger partial charge >= 0.3 is 0 Å². The van der Waals surface area contributed by atoms with Crippen LogP contribution in [0.15, 0.2) is 6.07 Å². The van der Waals surface area contributed by atoms with Gasteiger partial charge in [0.25, 0.3) is 0 Å². The molecule has 0 aliphatic carbocycles. The van der Waals surface area contributed by atoms with Crippen LogP contribution in [0.1, 0.15) is 39.4 Å². The maximum absolute atomic E-state index is 5.95. The van der Waals surface area contributed by atoms with Crippen LogP contribution in [-0.2, 0) is 4.74 Å². The predicted molar refractivity (Wildman–Crippen MR) is 70.7 cm³/mol. The molecule has 0 saturated carbocycles. The van der Waals surface area contributed by atoms with Crippen LogP contribution in [0.25, 0.3) is 0 Å². The molecule has 0 amide bonds. The zero-order chi connectivity index (χ0) is 12.8. The number of halogens is 1. The molecule has 0 aliphatic rings. The van der Waals surface area contributed by atoms with Gasteiger partial charge in [-0.3, -0.25) is 0 Å². The molecule has 0 aliphatic heterocycles. The Morgan fingerprint density at radius 3 is 2.65 bits per heavy atom. The SMILES string of the molecule is CCOC(C)CNc1cc(Cl)nc(C(C)C)n1. The Balaban J connectivity index is 2.64. The van der Waals surface area contributed by atoms with Crippen LogP contribution in [0.2, 0.25) is 5.15 Å². The van der Waals surface area contributed by atoms with Gasteiger partial charge in [-0.25, -0.2) is 9.97 Å². The summed E-state index contributed by atoms with van der Waals surface area (Å²) >= 11 is 5.95. The number of anilines is 1. The minimum atomic E-state index is 0.149. The molecule has 1 unspecified atom stereocenters. The first-order chi connectivity index (χ1) is 8.02. The predicted octanol–water partition coefficient (Wildman–Crippen LogP) is 3.09. The fourth-order valence-corrected chi connectivity index (χ4v) is 1.57. The highest BCUT2D eigenvalue weighted by atomic mass is 35.5. The number of hydrogen-bond acceptors (Lipinski definition) is 4. The van der Waals surface area contributed by atoms with Gasteiger partial charge in [0.2, 0.25) is 0 Å². The first-order valence-corrected chi connectivity index (χ1v) is 6.30. The zero-order valence-corrected chi connectivity index (χ0v) is 11.6. The van der Waals surface area contributed by atoms with Crippen molar-refractivity contribution in [2.45, 2.75) is 39.7 Å². The molecule has 17 heavy (non-hydrogen) atoms. The number of ether oxygens (including phenoxy) is 1.